The molecule has 1 atom stereocenters. The summed E-state index contributed by atoms with van der Waals surface area (Å²) in [7, 11) is 1.84. The van der Waals surface area contributed by atoms with Crippen LogP contribution in [0.3, 0.4) is 0 Å². The molecule has 2 aliphatic rings. The van der Waals surface area contributed by atoms with E-state index in [2.05, 4.69) is 59.5 Å². The van der Waals surface area contributed by atoms with Gasteiger partial charge >= 0.3 is 0 Å². The number of nitrogens with zero attached hydrogens (tertiary/aromatic N) is 2. The van der Waals surface area contributed by atoms with Gasteiger partial charge in [-0.25, -0.2) is 0 Å². The maximum atomic E-state index is 6.16. The van der Waals surface area contributed by atoms with E-state index in [1.807, 2.05) is 7.05 Å². The smallest absolute Gasteiger partial charge is 0.191 e. The molecule has 2 saturated heterocycles. The molecule has 1 aromatic rings. The van der Waals surface area contributed by atoms with Crippen LogP contribution < -0.4 is 15.4 Å². The number of guanidine groups is 1. The molecule has 6 nitrogen and oxygen atoms in total. The number of aliphatic imine (C=N–C) groups is 1. The second-order valence-electron chi connectivity index (χ2n) is 8.76. The van der Waals surface area contributed by atoms with Gasteiger partial charge in [0.25, 0.3) is 0 Å². The zero-order chi connectivity index (χ0) is 21.4. The highest BCUT2D eigenvalue weighted by Gasteiger charge is 2.39. The van der Waals surface area contributed by atoms with Crippen LogP contribution in [0.15, 0.2) is 23.2 Å². The largest absolute Gasteiger partial charge is 0.490 e. The summed E-state index contributed by atoms with van der Waals surface area (Å²) in [6.45, 7) is 12.1. The molecular weight excluding hydrogens is 503 g/mol. The summed E-state index contributed by atoms with van der Waals surface area (Å²) in [5.41, 5.74) is 2.55. The second kappa shape index (κ2) is 12.8. The third-order valence-electron chi connectivity index (χ3n) is 6.58. The molecule has 0 aromatic heterocycles. The van der Waals surface area contributed by atoms with Crippen LogP contribution in [-0.2, 0) is 11.3 Å². The Balaban J connectivity index is 0.00000341. The second-order valence-corrected chi connectivity index (χ2v) is 8.76. The molecule has 0 radical (unpaired) electrons. The molecule has 0 amide bonds. The minimum atomic E-state index is 0. The summed E-state index contributed by atoms with van der Waals surface area (Å²) in [5, 5.41) is 7.10. The monoisotopic (exact) mass is 544 g/mol. The number of benzene rings is 1. The lowest BCUT2D eigenvalue weighted by Gasteiger charge is -2.45. The molecule has 0 aliphatic carbocycles. The Labute approximate surface area is 205 Å². The van der Waals surface area contributed by atoms with Crippen molar-refractivity contribution >= 4 is 29.9 Å². The Hall–Kier alpha value is -1.06. The van der Waals surface area contributed by atoms with E-state index in [9.17, 15) is 0 Å². The molecule has 31 heavy (non-hydrogen) atoms. The molecule has 1 unspecified atom stereocenters. The van der Waals surface area contributed by atoms with Crippen molar-refractivity contribution in [2.45, 2.75) is 71.1 Å². The molecular formula is C24H41IN4O2. The van der Waals surface area contributed by atoms with Crippen molar-refractivity contribution in [3.63, 3.8) is 0 Å². The van der Waals surface area contributed by atoms with Crippen LogP contribution in [0.25, 0.3) is 0 Å². The Morgan fingerprint density at radius 3 is 2.58 bits per heavy atom. The number of ether oxygens (including phenoxy) is 2. The van der Waals surface area contributed by atoms with Crippen molar-refractivity contribution in [3.05, 3.63) is 29.3 Å². The maximum absolute atomic E-state index is 6.16. The van der Waals surface area contributed by atoms with Crippen LogP contribution in [0.2, 0.25) is 0 Å². The van der Waals surface area contributed by atoms with E-state index in [1.54, 1.807) is 0 Å². The van der Waals surface area contributed by atoms with Crippen molar-refractivity contribution in [3.8, 4) is 5.75 Å². The van der Waals surface area contributed by atoms with Gasteiger partial charge in [-0.2, -0.15) is 0 Å². The van der Waals surface area contributed by atoms with E-state index in [0.29, 0.717) is 6.54 Å². The van der Waals surface area contributed by atoms with Gasteiger partial charge in [-0.3, -0.25) is 9.89 Å². The van der Waals surface area contributed by atoms with E-state index >= 15 is 0 Å². The molecule has 0 saturated carbocycles. The maximum Gasteiger partial charge on any atom is 0.191 e. The van der Waals surface area contributed by atoms with Gasteiger partial charge in [0.05, 0.1) is 6.10 Å². The highest BCUT2D eigenvalue weighted by molar-refractivity contribution is 14.0. The molecule has 2 heterocycles. The number of likely N-dealkylation sites (tertiary alicyclic amines) is 1. The van der Waals surface area contributed by atoms with E-state index in [1.165, 1.54) is 31.5 Å². The lowest BCUT2D eigenvalue weighted by molar-refractivity contribution is -0.0164. The number of aryl methyl sites for hydroxylation is 1. The topological polar surface area (TPSA) is 58.1 Å². The van der Waals surface area contributed by atoms with Gasteiger partial charge in [0.15, 0.2) is 5.96 Å². The van der Waals surface area contributed by atoms with Crippen LogP contribution in [0.4, 0.5) is 0 Å². The van der Waals surface area contributed by atoms with Gasteiger partial charge in [-0.15, -0.1) is 24.0 Å². The minimum Gasteiger partial charge on any atom is -0.490 e. The number of nitrogens with one attached hydrogen (secondary N) is 2. The summed E-state index contributed by atoms with van der Waals surface area (Å²) < 4.78 is 11.8. The van der Waals surface area contributed by atoms with Crippen LogP contribution in [-0.4, -0.2) is 62.4 Å². The number of rotatable bonds is 8. The average Bonchev–Trinajstić information content (AvgIpc) is 3.31. The summed E-state index contributed by atoms with van der Waals surface area (Å²) >= 11 is 0. The van der Waals surface area contributed by atoms with Crippen molar-refractivity contribution in [2.24, 2.45) is 4.99 Å². The summed E-state index contributed by atoms with van der Waals surface area (Å²) in [6.07, 6.45) is 5.98. The molecule has 2 N–H and O–H groups in total. The predicted octanol–water partition coefficient (Wildman–Crippen LogP) is 4.10. The van der Waals surface area contributed by atoms with Crippen molar-refractivity contribution < 1.29 is 9.47 Å². The van der Waals surface area contributed by atoms with E-state index < -0.39 is 0 Å². The van der Waals surface area contributed by atoms with Crippen LogP contribution in [0, 0.1) is 6.92 Å². The third kappa shape index (κ3) is 7.22. The Morgan fingerprint density at radius 2 is 1.94 bits per heavy atom. The normalized spacial score (nSPS) is 20.1. The van der Waals surface area contributed by atoms with Crippen molar-refractivity contribution in [1.29, 1.82) is 0 Å². The van der Waals surface area contributed by atoms with E-state index in [4.69, 9.17) is 9.47 Å². The molecule has 1 aromatic carbocycles. The quantitative estimate of drug-likeness (QED) is 0.293. The molecule has 2 aliphatic heterocycles. The predicted molar refractivity (Wildman–Crippen MR) is 139 cm³/mol. The Kier molecular flexibility index (Phi) is 10.9. The fourth-order valence-electron chi connectivity index (χ4n) is 4.41. The fraction of sp³-hybridized carbons (Fsp3) is 0.708. The minimum absolute atomic E-state index is 0. The van der Waals surface area contributed by atoms with Crippen LogP contribution in [0.5, 0.6) is 5.75 Å². The summed E-state index contributed by atoms with van der Waals surface area (Å²) in [5.74, 6) is 1.81. The van der Waals surface area contributed by atoms with Crippen LogP contribution >= 0.6 is 24.0 Å². The number of hydrogen-bond acceptors (Lipinski definition) is 4. The lowest BCUT2D eigenvalue weighted by Crippen LogP contribution is -2.58. The Morgan fingerprint density at radius 1 is 1.23 bits per heavy atom. The first-order chi connectivity index (χ1) is 14.6. The highest BCUT2D eigenvalue weighted by atomic mass is 127. The van der Waals surface area contributed by atoms with Gasteiger partial charge in [0, 0.05) is 44.5 Å². The zero-order valence-electron chi connectivity index (χ0n) is 19.7. The molecule has 0 bridgehead atoms. The summed E-state index contributed by atoms with van der Waals surface area (Å²) in [4.78, 5) is 7.15. The van der Waals surface area contributed by atoms with Crippen molar-refractivity contribution in [1.82, 2.24) is 15.5 Å². The number of hydrogen-bond donors (Lipinski definition) is 2. The molecule has 2 fully saturated rings. The van der Waals surface area contributed by atoms with E-state index in [0.717, 1.165) is 56.3 Å². The zero-order valence-corrected chi connectivity index (χ0v) is 22.0. The average molecular weight is 545 g/mol. The van der Waals surface area contributed by atoms with Gasteiger partial charge in [0.1, 0.15) is 5.75 Å². The molecule has 7 heteroatoms. The third-order valence-corrected chi connectivity index (χ3v) is 6.58. The first-order valence-electron chi connectivity index (χ1n) is 11.6. The van der Waals surface area contributed by atoms with E-state index in [-0.39, 0.29) is 35.6 Å². The number of halogens is 1. The van der Waals surface area contributed by atoms with Gasteiger partial charge < -0.3 is 20.1 Å². The molecule has 176 valence electrons. The Bertz CT molecular complexity index is 701. The van der Waals surface area contributed by atoms with Gasteiger partial charge in [-0.1, -0.05) is 19.1 Å². The van der Waals surface area contributed by atoms with Gasteiger partial charge in [0.2, 0.25) is 0 Å². The van der Waals surface area contributed by atoms with Crippen LogP contribution in [0.1, 0.15) is 57.1 Å². The fourth-order valence-corrected chi connectivity index (χ4v) is 4.41. The molecule has 0 spiro atoms. The SMILES string of the molecule is CCC(C)Oc1cc(C)ccc1CNC(=NC)NCC1(N2CCCC2)CCOCC1.I. The first kappa shape index (κ1) is 26.2. The highest BCUT2D eigenvalue weighted by Crippen LogP contribution is 2.30. The van der Waals surface area contributed by atoms with Crippen molar-refractivity contribution in [2.75, 3.05) is 39.9 Å². The first-order valence-corrected chi connectivity index (χ1v) is 11.6. The standard InChI is InChI=1S/C24H40N4O2.HI/c1-5-20(3)30-22-16-19(2)8-9-21(22)17-26-23(25-4)27-18-24(10-14-29-15-11-24)28-12-6-7-13-28;/h8-9,16,20H,5-7,10-15,17-18H2,1-4H3,(H2,25,26,27);1H. The van der Waals surface area contributed by atoms with Gasteiger partial charge in [-0.05, 0) is 70.7 Å². The molecule has 3 rings (SSSR count). The summed E-state index contributed by atoms with van der Waals surface area (Å²) in [6, 6.07) is 6.42. The lowest BCUT2D eigenvalue weighted by atomic mass is 9.88.